The van der Waals surface area contributed by atoms with Crippen LogP contribution in [0, 0.1) is 0 Å². The molecular weight excluding hydrogens is 344 g/mol. The van der Waals surface area contributed by atoms with E-state index in [0.717, 1.165) is 16.8 Å². The number of urea groups is 1. The molecule has 2 aromatic carbocycles. The number of hydrogen-bond donors (Lipinski definition) is 3. The van der Waals surface area contributed by atoms with E-state index in [0.29, 0.717) is 25.9 Å². The molecule has 2 amide bonds. The standard InChI is InChI=1S/C21H26N2O4/c1-27-14-13-17-9-5-6-10-19(17)23-21(26)22-18(11-12-20(24)25)15-16-7-3-2-4-8-16/h2-10,18H,11-15H2,1H3,(H,24,25)(H2,22,23,26). The van der Waals surface area contributed by atoms with Gasteiger partial charge in [0.1, 0.15) is 0 Å². The number of para-hydroxylation sites is 1. The summed E-state index contributed by atoms with van der Waals surface area (Å²) >= 11 is 0. The molecule has 0 aromatic heterocycles. The van der Waals surface area contributed by atoms with Gasteiger partial charge in [-0.2, -0.15) is 0 Å². The minimum Gasteiger partial charge on any atom is -0.481 e. The number of carbonyl (C=O) groups excluding carboxylic acids is 1. The summed E-state index contributed by atoms with van der Waals surface area (Å²) in [5.74, 6) is -0.875. The van der Waals surface area contributed by atoms with Crippen molar-refractivity contribution in [2.75, 3.05) is 19.0 Å². The van der Waals surface area contributed by atoms with E-state index < -0.39 is 5.97 Å². The molecule has 0 bridgehead atoms. The molecule has 0 saturated carbocycles. The molecule has 6 nitrogen and oxygen atoms in total. The van der Waals surface area contributed by atoms with Crippen molar-refractivity contribution in [2.45, 2.75) is 31.7 Å². The second-order valence-corrected chi connectivity index (χ2v) is 6.32. The molecule has 27 heavy (non-hydrogen) atoms. The SMILES string of the molecule is COCCc1ccccc1NC(=O)NC(CCC(=O)O)Cc1ccccc1. The summed E-state index contributed by atoms with van der Waals surface area (Å²) < 4.78 is 5.11. The Bertz CT molecular complexity index is 734. The van der Waals surface area contributed by atoms with E-state index in [1.165, 1.54) is 0 Å². The molecule has 0 radical (unpaired) electrons. The number of rotatable bonds is 10. The number of methoxy groups -OCH3 is 1. The van der Waals surface area contributed by atoms with Crippen LogP contribution in [0.2, 0.25) is 0 Å². The fraction of sp³-hybridized carbons (Fsp3) is 0.333. The monoisotopic (exact) mass is 370 g/mol. The van der Waals surface area contributed by atoms with Gasteiger partial charge in [-0.15, -0.1) is 0 Å². The van der Waals surface area contributed by atoms with Gasteiger partial charge in [-0.1, -0.05) is 48.5 Å². The van der Waals surface area contributed by atoms with Gasteiger partial charge >= 0.3 is 12.0 Å². The summed E-state index contributed by atoms with van der Waals surface area (Å²) in [7, 11) is 1.64. The Balaban J connectivity index is 2.01. The Labute approximate surface area is 159 Å². The fourth-order valence-electron chi connectivity index (χ4n) is 2.84. The number of nitrogens with one attached hydrogen (secondary N) is 2. The lowest BCUT2D eigenvalue weighted by Crippen LogP contribution is -2.39. The molecule has 0 heterocycles. The molecule has 2 rings (SSSR count). The van der Waals surface area contributed by atoms with Crippen molar-refractivity contribution in [3.8, 4) is 0 Å². The zero-order valence-corrected chi connectivity index (χ0v) is 15.5. The highest BCUT2D eigenvalue weighted by molar-refractivity contribution is 5.90. The quantitative estimate of drug-likeness (QED) is 0.597. The van der Waals surface area contributed by atoms with E-state index in [9.17, 15) is 9.59 Å². The average molecular weight is 370 g/mol. The van der Waals surface area contributed by atoms with Gasteiger partial charge < -0.3 is 20.5 Å². The van der Waals surface area contributed by atoms with Crippen LogP contribution < -0.4 is 10.6 Å². The largest absolute Gasteiger partial charge is 0.481 e. The topological polar surface area (TPSA) is 87.7 Å². The van der Waals surface area contributed by atoms with Crippen molar-refractivity contribution in [3.63, 3.8) is 0 Å². The van der Waals surface area contributed by atoms with Crippen LogP contribution in [0.15, 0.2) is 54.6 Å². The lowest BCUT2D eigenvalue weighted by molar-refractivity contribution is -0.137. The van der Waals surface area contributed by atoms with Gasteiger partial charge in [0.25, 0.3) is 0 Å². The normalized spacial score (nSPS) is 11.6. The first-order valence-electron chi connectivity index (χ1n) is 8.98. The van der Waals surface area contributed by atoms with Crippen molar-refractivity contribution >= 4 is 17.7 Å². The molecule has 0 aliphatic rings. The van der Waals surface area contributed by atoms with Crippen LogP contribution in [-0.2, 0) is 22.4 Å². The minimum absolute atomic E-state index is 0.00219. The Hall–Kier alpha value is -2.86. The summed E-state index contributed by atoms with van der Waals surface area (Å²) in [5.41, 5.74) is 2.76. The Morgan fingerprint density at radius 3 is 2.48 bits per heavy atom. The van der Waals surface area contributed by atoms with Gasteiger partial charge in [0.2, 0.25) is 0 Å². The van der Waals surface area contributed by atoms with E-state index in [1.807, 2.05) is 54.6 Å². The maximum atomic E-state index is 12.5. The van der Waals surface area contributed by atoms with Crippen molar-refractivity contribution in [3.05, 3.63) is 65.7 Å². The maximum absolute atomic E-state index is 12.5. The van der Waals surface area contributed by atoms with Crippen molar-refractivity contribution in [2.24, 2.45) is 0 Å². The first-order chi connectivity index (χ1) is 13.1. The molecule has 1 unspecified atom stereocenters. The second-order valence-electron chi connectivity index (χ2n) is 6.32. The number of benzene rings is 2. The van der Waals surface area contributed by atoms with E-state index in [4.69, 9.17) is 9.84 Å². The maximum Gasteiger partial charge on any atom is 0.319 e. The smallest absolute Gasteiger partial charge is 0.319 e. The predicted octanol–water partition coefficient (Wildman–Crippen LogP) is 3.47. The predicted molar refractivity (Wildman–Crippen MR) is 105 cm³/mol. The number of ether oxygens (including phenoxy) is 1. The van der Waals surface area contributed by atoms with Crippen LogP contribution >= 0.6 is 0 Å². The van der Waals surface area contributed by atoms with Crippen molar-refractivity contribution < 1.29 is 19.4 Å². The van der Waals surface area contributed by atoms with E-state index >= 15 is 0 Å². The molecule has 0 spiro atoms. The second kappa shape index (κ2) is 11.0. The number of anilines is 1. The van der Waals surface area contributed by atoms with Gasteiger partial charge in [0.15, 0.2) is 0 Å². The zero-order chi connectivity index (χ0) is 19.5. The first kappa shape index (κ1) is 20.5. The lowest BCUT2D eigenvalue weighted by Gasteiger charge is -2.19. The van der Waals surface area contributed by atoms with Crippen molar-refractivity contribution in [1.82, 2.24) is 5.32 Å². The van der Waals surface area contributed by atoms with Gasteiger partial charge in [0, 0.05) is 25.3 Å². The molecule has 2 aromatic rings. The van der Waals surface area contributed by atoms with Gasteiger partial charge in [0.05, 0.1) is 6.61 Å². The Morgan fingerprint density at radius 1 is 1.07 bits per heavy atom. The average Bonchev–Trinajstić information content (AvgIpc) is 2.66. The van der Waals surface area contributed by atoms with Crippen LogP contribution in [0.1, 0.15) is 24.0 Å². The van der Waals surface area contributed by atoms with E-state index in [1.54, 1.807) is 7.11 Å². The third-order valence-electron chi connectivity index (χ3n) is 4.21. The molecule has 3 N–H and O–H groups in total. The number of carboxylic acids is 1. The zero-order valence-electron chi connectivity index (χ0n) is 15.5. The molecule has 6 heteroatoms. The number of amides is 2. The summed E-state index contributed by atoms with van der Waals surface area (Å²) in [5, 5.41) is 14.8. The highest BCUT2D eigenvalue weighted by Crippen LogP contribution is 2.16. The Kier molecular flexibility index (Phi) is 8.32. The molecule has 0 saturated heterocycles. The summed E-state index contributed by atoms with van der Waals surface area (Å²) in [6.07, 6.45) is 1.64. The van der Waals surface area contributed by atoms with Gasteiger partial charge in [-0.05, 0) is 36.5 Å². The minimum atomic E-state index is -0.875. The van der Waals surface area contributed by atoms with Crippen LogP contribution in [-0.4, -0.2) is 36.9 Å². The molecule has 0 aliphatic carbocycles. The third-order valence-corrected chi connectivity index (χ3v) is 4.21. The first-order valence-corrected chi connectivity index (χ1v) is 8.98. The number of carbonyl (C=O) groups is 2. The number of carboxylic acid groups (broad SMARTS) is 1. The number of hydrogen-bond acceptors (Lipinski definition) is 3. The molecule has 1 atom stereocenters. The fourth-order valence-corrected chi connectivity index (χ4v) is 2.84. The van der Waals surface area contributed by atoms with Gasteiger partial charge in [-0.3, -0.25) is 4.79 Å². The summed E-state index contributed by atoms with van der Waals surface area (Å²) in [4.78, 5) is 23.4. The molecule has 144 valence electrons. The highest BCUT2D eigenvalue weighted by atomic mass is 16.5. The Morgan fingerprint density at radius 2 is 1.78 bits per heavy atom. The lowest BCUT2D eigenvalue weighted by atomic mass is 10.0. The molecule has 0 aliphatic heterocycles. The molecule has 0 fully saturated rings. The molecular formula is C21H26N2O4. The van der Waals surface area contributed by atoms with Crippen LogP contribution in [0.4, 0.5) is 10.5 Å². The number of aliphatic carboxylic acids is 1. The van der Waals surface area contributed by atoms with E-state index in [2.05, 4.69) is 10.6 Å². The van der Waals surface area contributed by atoms with Crippen molar-refractivity contribution in [1.29, 1.82) is 0 Å². The van der Waals surface area contributed by atoms with E-state index in [-0.39, 0.29) is 18.5 Å². The van der Waals surface area contributed by atoms with Crippen LogP contribution in [0.5, 0.6) is 0 Å². The third kappa shape index (κ3) is 7.50. The highest BCUT2D eigenvalue weighted by Gasteiger charge is 2.15. The van der Waals surface area contributed by atoms with Crippen LogP contribution in [0.3, 0.4) is 0 Å². The summed E-state index contributed by atoms with van der Waals surface area (Å²) in [6, 6.07) is 16.7. The van der Waals surface area contributed by atoms with Gasteiger partial charge in [-0.25, -0.2) is 4.79 Å². The van der Waals surface area contributed by atoms with Crippen LogP contribution in [0.25, 0.3) is 0 Å². The summed E-state index contributed by atoms with van der Waals surface area (Å²) in [6.45, 7) is 0.565.